The first-order valence-electron chi connectivity index (χ1n) is 4.90. The number of carboxylic acids is 1. The molecule has 0 bridgehead atoms. The van der Waals surface area contributed by atoms with Gasteiger partial charge in [0.05, 0.1) is 10.8 Å². The highest BCUT2D eigenvalue weighted by Crippen LogP contribution is 2.34. The summed E-state index contributed by atoms with van der Waals surface area (Å²) in [5, 5.41) is 19.7. The van der Waals surface area contributed by atoms with Crippen LogP contribution in [0.2, 0.25) is 0 Å². The number of aliphatic carboxylic acids is 1. The summed E-state index contributed by atoms with van der Waals surface area (Å²) in [7, 11) is 0. The first kappa shape index (κ1) is 12.1. The third kappa shape index (κ3) is 2.33. The maximum atomic E-state index is 10.9. The van der Waals surface area contributed by atoms with Crippen molar-refractivity contribution in [2.75, 3.05) is 18.0 Å². The van der Waals surface area contributed by atoms with Gasteiger partial charge in [-0.1, -0.05) is 0 Å². The number of hydrogen-bond donors (Lipinski definition) is 1. The molecule has 0 unspecified atom stereocenters. The zero-order valence-electron chi connectivity index (χ0n) is 8.67. The lowest BCUT2D eigenvalue weighted by atomic mass is 9.99. The van der Waals surface area contributed by atoms with Crippen LogP contribution in [0.4, 0.5) is 11.4 Å². The summed E-state index contributed by atoms with van der Waals surface area (Å²) in [6.45, 7) is 0.660. The van der Waals surface area contributed by atoms with Crippen LogP contribution in [0.25, 0.3) is 0 Å². The first-order valence-corrected chi connectivity index (χ1v) is 5.98. The highest BCUT2D eigenvalue weighted by atomic mass is 127. The van der Waals surface area contributed by atoms with E-state index >= 15 is 0 Å². The van der Waals surface area contributed by atoms with Crippen LogP contribution in [0.15, 0.2) is 18.2 Å². The largest absolute Gasteiger partial charge is 0.481 e. The molecule has 0 saturated carbocycles. The molecule has 1 aliphatic heterocycles. The number of carboxylic acid groups (broad SMARTS) is 1. The van der Waals surface area contributed by atoms with E-state index < -0.39 is 16.8 Å². The highest BCUT2D eigenvalue weighted by Gasteiger charge is 2.35. The standard InChI is InChI=1S/C10H9IN2O4/c11-7-1-2-8(9(3-7)13(16)17)12-4-6(5-12)10(14)15/h1-3,6H,4-5H2,(H,14,15). The lowest BCUT2D eigenvalue weighted by Gasteiger charge is -2.38. The second-order valence-electron chi connectivity index (χ2n) is 3.83. The molecule has 0 atom stereocenters. The fourth-order valence-corrected chi connectivity index (χ4v) is 2.22. The van der Waals surface area contributed by atoms with Crippen molar-refractivity contribution in [3.8, 4) is 0 Å². The van der Waals surface area contributed by atoms with E-state index in [1.807, 2.05) is 22.6 Å². The number of anilines is 1. The van der Waals surface area contributed by atoms with Gasteiger partial charge in [0, 0.05) is 22.7 Å². The SMILES string of the molecule is O=C(O)C1CN(c2ccc(I)cc2[N+](=O)[O-])C1. The highest BCUT2D eigenvalue weighted by molar-refractivity contribution is 14.1. The van der Waals surface area contributed by atoms with Crippen LogP contribution in [-0.2, 0) is 4.79 Å². The fourth-order valence-electron chi connectivity index (χ4n) is 1.74. The van der Waals surface area contributed by atoms with Gasteiger partial charge in [-0.15, -0.1) is 0 Å². The van der Waals surface area contributed by atoms with E-state index in [-0.39, 0.29) is 5.69 Å². The molecule has 90 valence electrons. The lowest BCUT2D eigenvalue weighted by molar-refractivity contribution is -0.384. The van der Waals surface area contributed by atoms with Crippen molar-refractivity contribution in [2.24, 2.45) is 5.92 Å². The summed E-state index contributed by atoms with van der Waals surface area (Å²) in [4.78, 5) is 22.8. The van der Waals surface area contributed by atoms with Crippen molar-refractivity contribution in [1.82, 2.24) is 0 Å². The van der Waals surface area contributed by atoms with Gasteiger partial charge in [-0.25, -0.2) is 0 Å². The van der Waals surface area contributed by atoms with Crippen molar-refractivity contribution in [3.05, 3.63) is 31.9 Å². The third-order valence-electron chi connectivity index (χ3n) is 2.71. The average molecular weight is 348 g/mol. The number of halogens is 1. The van der Waals surface area contributed by atoms with Gasteiger partial charge >= 0.3 is 5.97 Å². The Bertz CT molecular complexity index is 485. The van der Waals surface area contributed by atoms with Crippen molar-refractivity contribution in [2.45, 2.75) is 0 Å². The predicted octanol–water partition coefficient (Wildman–Crippen LogP) is 1.72. The molecular weight excluding hydrogens is 339 g/mol. The fraction of sp³-hybridized carbons (Fsp3) is 0.300. The van der Waals surface area contributed by atoms with Crippen LogP contribution in [0, 0.1) is 19.6 Å². The van der Waals surface area contributed by atoms with Crippen LogP contribution in [0.5, 0.6) is 0 Å². The maximum Gasteiger partial charge on any atom is 0.310 e. The van der Waals surface area contributed by atoms with Crippen LogP contribution < -0.4 is 4.90 Å². The zero-order valence-corrected chi connectivity index (χ0v) is 10.8. The van der Waals surface area contributed by atoms with E-state index in [0.29, 0.717) is 18.8 Å². The quantitative estimate of drug-likeness (QED) is 0.511. The van der Waals surface area contributed by atoms with E-state index in [0.717, 1.165) is 3.57 Å². The molecule has 0 spiro atoms. The van der Waals surface area contributed by atoms with Crippen molar-refractivity contribution >= 4 is 39.9 Å². The third-order valence-corrected chi connectivity index (χ3v) is 3.38. The van der Waals surface area contributed by atoms with E-state index in [1.54, 1.807) is 17.0 Å². The summed E-state index contributed by atoms with van der Waals surface area (Å²) < 4.78 is 0.786. The van der Waals surface area contributed by atoms with Gasteiger partial charge in [0.2, 0.25) is 0 Å². The Hall–Kier alpha value is -1.38. The van der Waals surface area contributed by atoms with E-state index in [9.17, 15) is 14.9 Å². The Morgan fingerprint density at radius 1 is 1.53 bits per heavy atom. The molecular formula is C10H9IN2O4. The summed E-state index contributed by atoms with van der Waals surface area (Å²) in [5.41, 5.74) is 0.522. The molecule has 1 aromatic rings. The molecule has 1 aliphatic rings. The van der Waals surface area contributed by atoms with Gasteiger partial charge in [-0.2, -0.15) is 0 Å². The first-order chi connectivity index (χ1) is 7.99. The monoisotopic (exact) mass is 348 g/mol. The van der Waals surface area contributed by atoms with E-state index in [4.69, 9.17) is 5.11 Å². The second-order valence-corrected chi connectivity index (χ2v) is 5.08. The van der Waals surface area contributed by atoms with Crippen LogP contribution in [0.1, 0.15) is 0 Å². The minimum atomic E-state index is -0.852. The zero-order chi connectivity index (χ0) is 12.6. The van der Waals surface area contributed by atoms with Gasteiger partial charge < -0.3 is 10.0 Å². The van der Waals surface area contributed by atoms with E-state index in [1.165, 1.54) is 6.07 Å². The molecule has 1 N–H and O–H groups in total. The second kappa shape index (κ2) is 4.47. The molecule has 6 nitrogen and oxygen atoms in total. The number of benzene rings is 1. The summed E-state index contributed by atoms with van der Waals surface area (Å²) >= 11 is 2.01. The van der Waals surface area contributed by atoms with Gasteiger partial charge in [0.1, 0.15) is 5.69 Å². The van der Waals surface area contributed by atoms with E-state index in [2.05, 4.69) is 0 Å². The number of nitro benzene ring substituents is 1. The Kier molecular flexibility index (Phi) is 3.18. The molecule has 0 radical (unpaired) electrons. The average Bonchev–Trinajstić information content (AvgIpc) is 2.16. The van der Waals surface area contributed by atoms with Crippen molar-refractivity contribution in [3.63, 3.8) is 0 Å². The van der Waals surface area contributed by atoms with Crippen molar-refractivity contribution < 1.29 is 14.8 Å². The molecule has 1 fully saturated rings. The molecule has 7 heteroatoms. The Morgan fingerprint density at radius 3 is 2.71 bits per heavy atom. The molecule has 0 aliphatic carbocycles. The normalized spacial score (nSPS) is 15.5. The summed E-state index contributed by atoms with van der Waals surface area (Å²) in [6, 6.07) is 4.93. The van der Waals surface area contributed by atoms with Crippen LogP contribution in [-0.4, -0.2) is 29.1 Å². The minimum Gasteiger partial charge on any atom is -0.481 e. The summed E-state index contributed by atoms with van der Waals surface area (Å²) in [5.74, 6) is -1.27. The molecule has 0 aromatic heterocycles. The number of rotatable bonds is 3. The minimum absolute atomic E-state index is 0.0285. The van der Waals surface area contributed by atoms with Crippen molar-refractivity contribution in [1.29, 1.82) is 0 Å². The Morgan fingerprint density at radius 2 is 2.18 bits per heavy atom. The molecule has 0 amide bonds. The Labute approximate surface area is 111 Å². The predicted molar refractivity (Wildman–Crippen MR) is 69.2 cm³/mol. The van der Waals surface area contributed by atoms with Gasteiger partial charge in [0.25, 0.3) is 5.69 Å². The molecule has 1 saturated heterocycles. The molecule has 1 aromatic carbocycles. The molecule has 17 heavy (non-hydrogen) atoms. The number of hydrogen-bond acceptors (Lipinski definition) is 4. The number of nitro groups is 1. The topological polar surface area (TPSA) is 83.7 Å². The smallest absolute Gasteiger partial charge is 0.310 e. The summed E-state index contributed by atoms with van der Waals surface area (Å²) in [6.07, 6.45) is 0. The lowest BCUT2D eigenvalue weighted by Crippen LogP contribution is -2.50. The van der Waals surface area contributed by atoms with Gasteiger partial charge in [-0.3, -0.25) is 14.9 Å². The van der Waals surface area contributed by atoms with Crippen LogP contribution >= 0.6 is 22.6 Å². The number of nitrogens with zero attached hydrogens (tertiary/aromatic N) is 2. The molecule has 1 heterocycles. The van der Waals surface area contributed by atoms with Gasteiger partial charge in [0.15, 0.2) is 0 Å². The number of carbonyl (C=O) groups is 1. The molecule has 2 rings (SSSR count). The van der Waals surface area contributed by atoms with Gasteiger partial charge in [-0.05, 0) is 34.7 Å². The van der Waals surface area contributed by atoms with Crippen LogP contribution in [0.3, 0.4) is 0 Å². The maximum absolute atomic E-state index is 10.9. The Balaban J connectivity index is 2.23.